The van der Waals surface area contributed by atoms with Crippen LogP contribution in [0.1, 0.15) is 75.3 Å². The number of aliphatic carboxylic acids is 1. The molecule has 0 spiro atoms. The number of hydrogen-bond acceptors (Lipinski definition) is 1. The molecule has 2 heteroatoms. The van der Waals surface area contributed by atoms with Gasteiger partial charge in [0.1, 0.15) is 0 Å². The third kappa shape index (κ3) is 5.82. The molecule has 1 fully saturated rings. The van der Waals surface area contributed by atoms with Gasteiger partial charge in [0, 0.05) is 6.08 Å². The van der Waals surface area contributed by atoms with Crippen LogP contribution in [-0.2, 0) is 4.79 Å². The molecule has 3 rings (SSSR count). The largest absolute Gasteiger partial charge is 0.478 e. The predicted octanol–water partition coefficient (Wildman–Crippen LogP) is 7.31. The first kappa shape index (κ1) is 20.4. The molecule has 1 aliphatic carbocycles. The lowest BCUT2D eigenvalue weighted by Crippen LogP contribution is -2.13. The number of unbranched alkanes of at least 4 members (excludes halogenated alkanes) is 2. The summed E-state index contributed by atoms with van der Waals surface area (Å²) in [5.41, 5.74) is 4.76. The molecular formula is C26H32O2. The van der Waals surface area contributed by atoms with E-state index in [1.54, 1.807) is 6.08 Å². The van der Waals surface area contributed by atoms with Crippen molar-refractivity contribution in [3.05, 3.63) is 65.7 Å². The summed E-state index contributed by atoms with van der Waals surface area (Å²) in [4.78, 5) is 10.6. The fraction of sp³-hybridized carbons (Fsp3) is 0.423. The number of benzene rings is 2. The highest BCUT2D eigenvalue weighted by atomic mass is 16.4. The topological polar surface area (TPSA) is 37.3 Å². The standard InChI is InChI=1S/C26H32O2/c1-2-3-4-5-20-6-11-22(12-7-20)24-15-17-25(18-16-24)23-13-8-21(9-14-23)10-19-26(27)28/h8-10,13-20,22H,2-7,11-12H2,1H3,(H,27,28)/t20-,22+. The van der Waals surface area contributed by atoms with Crippen LogP contribution in [0.5, 0.6) is 0 Å². The Balaban J connectivity index is 1.56. The van der Waals surface area contributed by atoms with E-state index in [2.05, 4.69) is 43.3 Å². The predicted molar refractivity (Wildman–Crippen MR) is 117 cm³/mol. The summed E-state index contributed by atoms with van der Waals surface area (Å²) in [6.45, 7) is 2.28. The van der Waals surface area contributed by atoms with Gasteiger partial charge in [0.15, 0.2) is 0 Å². The van der Waals surface area contributed by atoms with Crippen LogP contribution in [0.2, 0.25) is 0 Å². The normalized spacial score (nSPS) is 19.8. The highest BCUT2D eigenvalue weighted by Crippen LogP contribution is 2.38. The molecular weight excluding hydrogens is 344 g/mol. The third-order valence-corrected chi connectivity index (χ3v) is 6.11. The van der Waals surface area contributed by atoms with E-state index in [4.69, 9.17) is 5.11 Å². The van der Waals surface area contributed by atoms with Crippen LogP contribution in [0.4, 0.5) is 0 Å². The molecule has 1 saturated carbocycles. The van der Waals surface area contributed by atoms with Gasteiger partial charge in [0.25, 0.3) is 0 Å². The van der Waals surface area contributed by atoms with Crippen molar-refractivity contribution in [3.8, 4) is 11.1 Å². The van der Waals surface area contributed by atoms with Crippen molar-refractivity contribution >= 4 is 12.0 Å². The van der Waals surface area contributed by atoms with E-state index in [1.165, 1.54) is 74.1 Å². The summed E-state index contributed by atoms with van der Waals surface area (Å²) in [6, 6.07) is 17.1. The van der Waals surface area contributed by atoms with Gasteiger partial charge in [-0.25, -0.2) is 4.79 Å². The number of rotatable bonds is 8. The molecule has 148 valence electrons. The molecule has 1 N–H and O–H groups in total. The van der Waals surface area contributed by atoms with Gasteiger partial charge in [-0.1, -0.05) is 81.1 Å². The minimum atomic E-state index is -0.922. The summed E-state index contributed by atoms with van der Waals surface area (Å²) in [5.74, 6) is 0.755. The Hall–Kier alpha value is -2.35. The van der Waals surface area contributed by atoms with Crippen molar-refractivity contribution in [1.29, 1.82) is 0 Å². The lowest BCUT2D eigenvalue weighted by atomic mass is 9.77. The van der Waals surface area contributed by atoms with Gasteiger partial charge in [0.05, 0.1) is 0 Å². The van der Waals surface area contributed by atoms with Gasteiger partial charge >= 0.3 is 5.97 Å². The molecule has 0 amide bonds. The molecule has 2 aromatic carbocycles. The first-order valence-corrected chi connectivity index (χ1v) is 10.8. The molecule has 0 heterocycles. The Labute approximate surface area is 169 Å². The van der Waals surface area contributed by atoms with Crippen molar-refractivity contribution < 1.29 is 9.90 Å². The van der Waals surface area contributed by atoms with E-state index in [0.717, 1.165) is 17.4 Å². The van der Waals surface area contributed by atoms with E-state index >= 15 is 0 Å². The maximum Gasteiger partial charge on any atom is 0.328 e. The molecule has 28 heavy (non-hydrogen) atoms. The number of carbonyl (C=O) groups is 1. The van der Waals surface area contributed by atoms with Crippen LogP contribution >= 0.6 is 0 Å². The maximum atomic E-state index is 10.6. The Bertz CT molecular complexity index is 763. The van der Waals surface area contributed by atoms with Gasteiger partial charge in [-0.2, -0.15) is 0 Å². The molecule has 0 unspecified atom stereocenters. The second kappa shape index (κ2) is 10.3. The van der Waals surface area contributed by atoms with Gasteiger partial charge in [-0.3, -0.25) is 0 Å². The zero-order valence-electron chi connectivity index (χ0n) is 16.9. The van der Waals surface area contributed by atoms with Crippen molar-refractivity contribution in [2.24, 2.45) is 5.92 Å². The summed E-state index contributed by atoms with van der Waals surface area (Å²) >= 11 is 0. The van der Waals surface area contributed by atoms with Gasteiger partial charge in [-0.05, 0) is 65.8 Å². The molecule has 0 aromatic heterocycles. The van der Waals surface area contributed by atoms with E-state index < -0.39 is 5.97 Å². The minimum absolute atomic E-state index is 0.722. The first-order chi connectivity index (χ1) is 13.7. The van der Waals surface area contributed by atoms with Crippen LogP contribution < -0.4 is 0 Å². The van der Waals surface area contributed by atoms with Crippen LogP contribution in [0.15, 0.2) is 54.6 Å². The van der Waals surface area contributed by atoms with Crippen LogP contribution in [-0.4, -0.2) is 11.1 Å². The maximum absolute atomic E-state index is 10.6. The van der Waals surface area contributed by atoms with Crippen LogP contribution in [0.3, 0.4) is 0 Å². The van der Waals surface area contributed by atoms with Gasteiger partial charge in [-0.15, -0.1) is 0 Å². The van der Waals surface area contributed by atoms with Crippen molar-refractivity contribution in [1.82, 2.24) is 0 Å². The zero-order chi connectivity index (χ0) is 19.8. The highest BCUT2D eigenvalue weighted by Gasteiger charge is 2.21. The average molecular weight is 377 g/mol. The van der Waals surface area contributed by atoms with Crippen molar-refractivity contribution in [3.63, 3.8) is 0 Å². The Morgan fingerprint density at radius 3 is 2.11 bits per heavy atom. The lowest BCUT2D eigenvalue weighted by Gasteiger charge is -2.29. The fourth-order valence-electron chi connectivity index (χ4n) is 4.37. The van der Waals surface area contributed by atoms with Gasteiger partial charge in [0.2, 0.25) is 0 Å². The Morgan fingerprint density at radius 1 is 0.929 bits per heavy atom. The molecule has 0 aliphatic heterocycles. The fourth-order valence-corrected chi connectivity index (χ4v) is 4.37. The summed E-state index contributed by atoms with van der Waals surface area (Å²) in [5, 5.41) is 8.72. The second-order valence-corrected chi connectivity index (χ2v) is 8.13. The smallest absolute Gasteiger partial charge is 0.328 e. The molecule has 0 radical (unpaired) electrons. The SMILES string of the molecule is CCCCC[C@H]1CC[C@@H](c2ccc(-c3ccc(C=CC(=O)O)cc3)cc2)CC1. The monoisotopic (exact) mass is 376 g/mol. The number of carboxylic acid groups (broad SMARTS) is 1. The molecule has 1 aliphatic rings. The van der Waals surface area contributed by atoms with Crippen LogP contribution in [0, 0.1) is 5.92 Å². The molecule has 2 nitrogen and oxygen atoms in total. The quantitative estimate of drug-likeness (QED) is 0.387. The first-order valence-electron chi connectivity index (χ1n) is 10.8. The third-order valence-electron chi connectivity index (χ3n) is 6.11. The van der Waals surface area contributed by atoms with E-state index in [-0.39, 0.29) is 0 Å². The molecule has 0 atom stereocenters. The average Bonchev–Trinajstić information content (AvgIpc) is 2.73. The number of hydrogen-bond donors (Lipinski definition) is 1. The Kier molecular flexibility index (Phi) is 7.47. The minimum Gasteiger partial charge on any atom is -0.478 e. The van der Waals surface area contributed by atoms with E-state index in [0.29, 0.717) is 0 Å². The van der Waals surface area contributed by atoms with Crippen LogP contribution in [0.25, 0.3) is 17.2 Å². The summed E-state index contributed by atoms with van der Waals surface area (Å²) in [7, 11) is 0. The molecule has 0 bridgehead atoms. The Morgan fingerprint density at radius 2 is 1.54 bits per heavy atom. The number of carboxylic acids is 1. The summed E-state index contributed by atoms with van der Waals surface area (Å²) < 4.78 is 0. The summed E-state index contributed by atoms with van der Waals surface area (Å²) in [6.07, 6.45) is 13.8. The second-order valence-electron chi connectivity index (χ2n) is 8.13. The van der Waals surface area contributed by atoms with Crippen molar-refractivity contribution in [2.45, 2.75) is 64.2 Å². The molecule has 2 aromatic rings. The van der Waals surface area contributed by atoms with Gasteiger partial charge < -0.3 is 5.11 Å². The molecule has 0 saturated heterocycles. The highest BCUT2D eigenvalue weighted by molar-refractivity contribution is 5.85. The lowest BCUT2D eigenvalue weighted by molar-refractivity contribution is -0.131. The van der Waals surface area contributed by atoms with E-state index in [1.807, 2.05) is 12.1 Å². The van der Waals surface area contributed by atoms with E-state index in [9.17, 15) is 4.79 Å². The zero-order valence-corrected chi connectivity index (χ0v) is 16.9. The van der Waals surface area contributed by atoms with Crippen molar-refractivity contribution in [2.75, 3.05) is 0 Å².